The van der Waals surface area contributed by atoms with E-state index in [2.05, 4.69) is 25.6 Å². The molecule has 0 atom stereocenters. The third-order valence-electron chi connectivity index (χ3n) is 8.47. The lowest BCUT2D eigenvalue weighted by Gasteiger charge is -2.39. The number of benzene rings is 1. The maximum atomic E-state index is 13.5. The van der Waals surface area contributed by atoms with Gasteiger partial charge in [-0.25, -0.2) is 9.48 Å². The molecule has 3 fully saturated rings. The number of aromatic nitrogens is 4. The molecule has 4 heterocycles. The average molecular weight is 596 g/mol. The van der Waals surface area contributed by atoms with Gasteiger partial charge in [-0.1, -0.05) is 6.07 Å². The van der Waals surface area contributed by atoms with E-state index in [9.17, 15) is 32.2 Å². The first kappa shape index (κ1) is 27.8. The highest BCUT2D eigenvalue weighted by molar-refractivity contribution is 8.24. The van der Waals surface area contributed by atoms with E-state index in [0.29, 0.717) is 42.8 Å². The predicted molar refractivity (Wildman–Crippen MR) is 149 cm³/mol. The van der Waals surface area contributed by atoms with Crippen molar-refractivity contribution in [2.75, 3.05) is 34.8 Å². The number of anilines is 2. The van der Waals surface area contributed by atoms with Gasteiger partial charge < -0.3 is 20.6 Å². The van der Waals surface area contributed by atoms with Crippen molar-refractivity contribution in [1.82, 2.24) is 25.1 Å². The molecule has 0 bridgehead atoms. The highest BCUT2D eigenvalue weighted by Gasteiger charge is 2.51. The summed E-state index contributed by atoms with van der Waals surface area (Å²) < 4.78 is 61.8. The zero-order chi connectivity index (χ0) is 29.0. The molecule has 1 amide bonds. The molecule has 0 radical (unpaired) electrons. The van der Waals surface area contributed by atoms with Crippen molar-refractivity contribution >= 4 is 39.5 Å². The van der Waals surface area contributed by atoms with Gasteiger partial charge in [-0.05, 0) is 62.6 Å². The summed E-state index contributed by atoms with van der Waals surface area (Å²) in [5.74, 6) is 1.66. The Labute approximate surface area is 235 Å². The summed E-state index contributed by atoms with van der Waals surface area (Å²) in [7, 11) is -2.57. The third kappa shape index (κ3) is 5.75. The fraction of sp³-hybridized carbons (Fsp3) is 0.538. The van der Waals surface area contributed by atoms with Crippen LogP contribution in [0.1, 0.15) is 44.1 Å². The normalized spacial score (nSPS) is 21.9. The van der Waals surface area contributed by atoms with E-state index in [4.69, 9.17) is 4.98 Å². The quantitative estimate of drug-likeness (QED) is 0.260. The number of alkyl halides is 3. The lowest BCUT2D eigenvalue weighted by atomic mass is 9.87. The maximum Gasteiger partial charge on any atom is 0.416 e. The predicted octanol–water partition coefficient (Wildman–Crippen LogP) is 5.18. The molecule has 1 aromatic carbocycles. The molecule has 41 heavy (non-hydrogen) atoms. The molecular formula is C26H32F3N7O4S. The number of fused-ring (bicyclic) bond motifs is 1. The monoisotopic (exact) mass is 595 g/mol. The molecule has 0 spiro atoms. The molecule has 6 rings (SSSR count). The lowest BCUT2D eigenvalue weighted by Crippen LogP contribution is -2.47. The minimum absolute atomic E-state index is 0.0901. The number of rotatable bonds is 6. The van der Waals surface area contributed by atoms with Gasteiger partial charge in [-0.3, -0.25) is 9.11 Å². The number of amides is 1. The van der Waals surface area contributed by atoms with Crippen LogP contribution in [0.25, 0.3) is 16.7 Å². The molecule has 222 valence electrons. The van der Waals surface area contributed by atoms with Crippen LogP contribution in [0.5, 0.6) is 0 Å². The van der Waals surface area contributed by atoms with Gasteiger partial charge in [-0.2, -0.15) is 38.8 Å². The van der Waals surface area contributed by atoms with E-state index in [1.54, 1.807) is 12.3 Å². The summed E-state index contributed by atoms with van der Waals surface area (Å²) in [6.45, 7) is 1.25. The number of carboxylic acid groups (broad SMARTS) is 1. The Bertz CT molecular complexity index is 1440. The topological polar surface area (TPSA) is 149 Å². The second-order valence-electron chi connectivity index (χ2n) is 11.2. The fourth-order valence-corrected chi connectivity index (χ4v) is 7.59. The molecule has 1 saturated carbocycles. The van der Waals surface area contributed by atoms with Crippen LogP contribution in [-0.2, 0) is 6.18 Å². The second-order valence-corrected chi connectivity index (χ2v) is 13.6. The van der Waals surface area contributed by atoms with Gasteiger partial charge in [0.05, 0.1) is 22.8 Å². The summed E-state index contributed by atoms with van der Waals surface area (Å²) in [6.07, 6.45) is 0.258. The minimum atomic E-state index is -4.51. The highest BCUT2D eigenvalue weighted by atomic mass is 32.3. The van der Waals surface area contributed by atoms with E-state index in [1.165, 1.54) is 10.7 Å². The van der Waals surface area contributed by atoms with Gasteiger partial charge in [0.2, 0.25) is 5.95 Å². The number of piperidine rings is 1. The van der Waals surface area contributed by atoms with Crippen molar-refractivity contribution < 1.29 is 32.2 Å². The minimum Gasteiger partial charge on any atom is -0.465 e. The van der Waals surface area contributed by atoms with E-state index in [0.717, 1.165) is 37.8 Å². The SMILES string of the molecule is O=C(O)NC1(C2CCN(c3nc(NC4CCS(O)(O)CC4)nc4c3cnn4-c3cccc(C(F)(F)F)c3)CC2)CC1. The molecule has 5 N–H and O–H groups in total. The Morgan fingerprint density at radius 2 is 1.78 bits per heavy atom. The third-order valence-corrected chi connectivity index (χ3v) is 10.2. The lowest BCUT2D eigenvalue weighted by molar-refractivity contribution is -0.137. The number of hydrogen-bond acceptors (Lipinski definition) is 8. The van der Waals surface area contributed by atoms with Crippen molar-refractivity contribution in [2.24, 2.45) is 5.92 Å². The largest absolute Gasteiger partial charge is 0.465 e. The van der Waals surface area contributed by atoms with Crippen molar-refractivity contribution in [3.8, 4) is 5.69 Å². The molecule has 3 aromatic rings. The van der Waals surface area contributed by atoms with E-state index < -0.39 is 28.4 Å². The van der Waals surface area contributed by atoms with Crippen molar-refractivity contribution in [2.45, 2.75) is 56.3 Å². The van der Waals surface area contributed by atoms with Gasteiger partial charge in [0.25, 0.3) is 0 Å². The maximum absolute atomic E-state index is 13.5. The molecule has 0 unspecified atom stereocenters. The highest BCUT2D eigenvalue weighted by Crippen LogP contribution is 2.47. The van der Waals surface area contributed by atoms with Crippen LogP contribution < -0.4 is 15.5 Å². The Hall–Kier alpha value is -3.30. The van der Waals surface area contributed by atoms with Gasteiger partial charge >= 0.3 is 12.3 Å². The zero-order valence-electron chi connectivity index (χ0n) is 22.1. The van der Waals surface area contributed by atoms with Crippen LogP contribution in [-0.4, -0.2) is 76.2 Å². The van der Waals surface area contributed by atoms with E-state index in [1.807, 2.05) is 0 Å². The average Bonchev–Trinajstić information content (AvgIpc) is 3.57. The summed E-state index contributed by atoms with van der Waals surface area (Å²) in [5, 5.41) is 20.3. The van der Waals surface area contributed by atoms with Crippen LogP contribution in [0.2, 0.25) is 0 Å². The van der Waals surface area contributed by atoms with Gasteiger partial charge in [0, 0.05) is 36.2 Å². The molecule has 1 aliphatic carbocycles. The van der Waals surface area contributed by atoms with Crippen molar-refractivity contribution in [3.05, 3.63) is 36.0 Å². The Morgan fingerprint density at radius 3 is 2.41 bits per heavy atom. The fourth-order valence-electron chi connectivity index (χ4n) is 6.06. The standard InChI is InChI=1S/C26H32F3N7O4S/c27-26(28,29)17-2-1-3-19(14-17)36-22-20(15-30-36)21(32-23(33-22)31-18-6-12-41(39,40)13-7-18)35-10-4-16(5-11-35)25(8-9-25)34-24(37)38/h1-3,14-16,18,34,39-40H,4-13H2,(H,37,38)(H,31,32,33). The summed E-state index contributed by atoms with van der Waals surface area (Å²) >= 11 is 0. The molecule has 2 aliphatic heterocycles. The van der Waals surface area contributed by atoms with Crippen LogP contribution in [0.15, 0.2) is 30.5 Å². The molecule has 15 heteroatoms. The van der Waals surface area contributed by atoms with Crippen LogP contribution in [0.3, 0.4) is 0 Å². The molecule has 2 saturated heterocycles. The number of halogens is 3. The first-order chi connectivity index (χ1) is 19.4. The van der Waals surface area contributed by atoms with Crippen molar-refractivity contribution in [3.63, 3.8) is 0 Å². The first-order valence-electron chi connectivity index (χ1n) is 13.6. The zero-order valence-corrected chi connectivity index (χ0v) is 23.0. The van der Waals surface area contributed by atoms with E-state index in [-0.39, 0.29) is 40.6 Å². The van der Waals surface area contributed by atoms with Crippen LogP contribution in [0.4, 0.5) is 29.7 Å². The van der Waals surface area contributed by atoms with E-state index >= 15 is 0 Å². The van der Waals surface area contributed by atoms with Crippen LogP contribution >= 0.6 is 10.6 Å². The Balaban J connectivity index is 1.33. The smallest absolute Gasteiger partial charge is 0.416 e. The molecule has 3 aliphatic rings. The number of hydrogen-bond donors (Lipinski definition) is 5. The Morgan fingerprint density at radius 1 is 1.07 bits per heavy atom. The second kappa shape index (κ2) is 10.2. The van der Waals surface area contributed by atoms with Gasteiger partial charge in [0.1, 0.15) is 5.82 Å². The summed E-state index contributed by atoms with van der Waals surface area (Å²) in [6, 6.07) is 4.82. The molecule has 2 aromatic heterocycles. The summed E-state index contributed by atoms with van der Waals surface area (Å²) in [4.78, 5) is 22.9. The first-order valence-corrected chi connectivity index (χ1v) is 15.5. The van der Waals surface area contributed by atoms with Crippen LogP contribution in [0, 0.1) is 5.92 Å². The van der Waals surface area contributed by atoms with Gasteiger partial charge in [0.15, 0.2) is 5.65 Å². The number of carbonyl (C=O) groups is 1. The molecular weight excluding hydrogens is 563 g/mol. The number of nitrogens with one attached hydrogen (secondary N) is 2. The number of nitrogens with zero attached hydrogens (tertiary/aromatic N) is 5. The van der Waals surface area contributed by atoms with Gasteiger partial charge in [-0.15, -0.1) is 0 Å². The Kier molecular flexibility index (Phi) is 6.93. The van der Waals surface area contributed by atoms with Crippen molar-refractivity contribution in [1.29, 1.82) is 0 Å². The molecule has 11 nitrogen and oxygen atoms in total. The summed E-state index contributed by atoms with van der Waals surface area (Å²) in [5.41, 5.74) is -0.590.